The first kappa shape index (κ1) is 12.3. The Kier molecular flexibility index (Phi) is 4.22. The van der Waals surface area contributed by atoms with Gasteiger partial charge in [0, 0.05) is 25.2 Å². The van der Waals surface area contributed by atoms with Gasteiger partial charge in [-0.1, -0.05) is 6.42 Å². The molecule has 3 atom stereocenters. The van der Waals surface area contributed by atoms with Gasteiger partial charge in [-0.2, -0.15) is 0 Å². The largest absolute Gasteiger partial charge is 0.378 e. The average Bonchev–Trinajstić information content (AvgIpc) is 2.90. The minimum absolute atomic E-state index is 0.249. The summed E-state index contributed by atoms with van der Waals surface area (Å²) in [6.07, 6.45) is 8.12. The van der Waals surface area contributed by atoms with Crippen LogP contribution in [0.3, 0.4) is 0 Å². The fraction of sp³-hybridized carbons (Fsp3) is 1.00. The first-order chi connectivity index (χ1) is 7.77. The second kappa shape index (κ2) is 5.48. The van der Waals surface area contributed by atoms with Crippen molar-refractivity contribution in [3.05, 3.63) is 0 Å². The quantitative estimate of drug-likeness (QED) is 0.782. The Bertz CT molecular complexity index is 216. The van der Waals surface area contributed by atoms with Crippen LogP contribution in [-0.4, -0.2) is 32.0 Å². The van der Waals surface area contributed by atoms with Gasteiger partial charge in [0.25, 0.3) is 0 Å². The van der Waals surface area contributed by atoms with Crippen molar-refractivity contribution >= 4 is 0 Å². The van der Waals surface area contributed by atoms with Crippen molar-refractivity contribution in [1.29, 1.82) is 0 Å². The highest BCUT2D eigenvalue weighted by molar-refractivity contribution is 4.90. The minimum Gasteiger partial charge on any atom is -0.378 e. The van der Waals surface area contributed by atoms with Crippen molar-refractivity contribution in [2.75, 3.05) is 19.8 Å². The number of hydrogen-bond acceptors (Lipinski definition) is 3. The second-order valence-corrected chi connectivity index (χ2v) is 5.36. The Morgan fingerprint density at radius 1 is 1.31 bits per heavy atom. The maximum absolute atomic E-state index is 5.94. The molecular weight excluding hydrogens is 202 g/mol. The summed E-state index contributed by atoms with van der Waals surface area (Å²) in [6, 6.07) is 0. The summed E-state index contributed by atoms with van der Waals surface area (Å²) < 4.78 is 11.3. The lowest BCUT2D eigenvalue weighted by Gasteiger charge is -2.31. The molecule has 16 heavy (non-hydrogen) atoms. The van der Waals surface area contributed by atoms with Crippen LogP contribution < -0.4 is 5.73 Å². The van der Waals surface area contributed by atoms with E-state index in [9.17, 15) is 0 Å². The SMILES string of the molecule is CC1OCCC1(CN)CCCC1CCCO1. The highest BCUT2D eigenvalue weighted by Crippen LogP contribution is 2.39. The van der Waals surface area contributed by atoms with Crippen LogP contribution in [0.2, 0.25) is 0 Å². The van der Waals surface area contributed by atoms with E-state index in [0.717, 1.165) is 26.2 Å². The predicted molar refractivity (Wildman–Crippen MR) is 64.3 cm³/mol. The second-order valence-electron chi connectivity index (χ2n) is 5.36. The maximum Gasteiger partial charge on any atom is 0.0616 e. The van der Waals surface area contributed by atoms with Crippen LogP contribution in [0.25, 0.3) is 0 Å². The molecule has 2 aliphatic rings. The molecule has 2 heterocycles. The Morgan fingerprint density at radius 3 is 2.75 bits per heavy atom. The summed E-state index contributed by atoms with van der Waals surface area (Å²) in [6.45, 7) is 4.79. The lowest BCUT2D eigenvalue weighted by atomic mass is 9.77. The van der Waals surface area contributed by atoms with E-state index in [1.165, 1.54) is 32.1 Å². The Hall–Kier alpha value is -0.120. The first-order valence-corrected chi connectivity index (χ1v) is 6.70. The van der Waals surface area contributed by atoms with Crippen LogP contribution in [-0.2, 0) is 9.47 Å². The molecule has 0 aromatic carbocycles. The van der Waals surface area contributed by atoms with Gasteiger partial charge in [-0.3, -0.25) is 0 Å². The Balaban J connectivity index is 1.74. The van der Waals surface area contributed by atoms with Gasteiger partial charge in [0.1, 0.15) is 0 Å². The first-order valence-electron chi connectivity index (χ1n) is 6.70. The molecule has 2 N–H and O–H groups in total. The Labute approximate surface area is 98.7 Å². The van der Waals surface area contributed by atoms with Gasteiger partial charge in [0.05, 0.1) is 12.2 Å². The van der Waals surface area contributed by atoms with E-state index in [-0.39, 0.29) is 5.41 Å². The lowest BCUT2D eigenvalue weighted by molar-refractivity contribution is 0.0558. The summed E-state index contributed by atoms with van der Waals surface area (Å²) in [5, 5.41) is 0. The number of nitrogens with two attached hydrogens (primary N) is 1. The van der Waals surface area contributed by atoms with E-state index in [1.54, 1.807) is 0 Å². The van der Waals surface area contributed by atoms with Crippen molar-refractivity contribution in [2.45, 2.75) is 57.7 Å². The summed E-state index contributed by atoms with van der Waals surface area (Å²) in [5.41, 5.74) is 6.19. The molecule has 94 valence electrons. The fourth-order valence-corrected chi connectivity index (χ4v) is 3.07. The topological polar surface area (TPSA) is 44.5 Å². The molecular formula is C13H25NO2. The molecule has 0 amide bonds. The standard InChI is InChI=1S/C13H25NO2/c1-11-13(10-14,7-9-15-11)6-2-4-12-5-3-8-16-12/h11-12H,2-10,14H2,1H3. The maximum atomic E-state index is 5.94. The molecule has 0 radical (unpaired) electrons. The van der Waals surface area contributed by atoms with E-state index >= 15 is 0 Å². The van der Waals surface area contributed by atoms with Crippen LogP contribution in [0.4, 0.5) is 0 Å². The highest BCUT2D eigenvalue weighted by atomic mass is 16.5. The summed E-state index contributed by atoms with van der Waals surface area (Å²) in [5.74, 6) is 0. The van der Waals surface area contributed by atoms with E-state index in [4.69, 9.17) is 15.2 Å². The van der Waals surface area contributed by atoms with E-state index in [2.05, 4.69) is 6.92 Å². The van der Waals surface area contributed by atoms with Crippen molar-refractivity contribution in [1.82, 2.24) is 0 Å². The van der Waals surface area contributed by atoms with Gasteiger partial charge in [0.15, 0.2) is 0 Å². The molecule has 0 aromatic rings. The molecule has 3 heteroatoms. The third kappa shape index (κ3) is 2.58. The summed E-state index contributed by atoms with van der Waals surface area (Å²) >= 11 is 0. The van der Waals surface area contributed by atoms with Crippen molar-refractivity contribution in [3.63, 3.8) is 0 Å². The predicted octanol–water partition coefficient (Wildman–Crippen LogP) is 2.09. The van der Waals surface area contributed by atoms with Crippen molar-refractivity contribution in [3.8, 4) is 0 Å². The normalized spacial score (nSPS) is 39.4. The summed E-state index contributed by atoms with van der Waals surface area (Å²) in [4.78, 5) is 0. The van der Waals surface area contributed by atoms with Crippen LogP contribution in [0.5, 0.6) is 0 Å². The van der Waals surface area contributed by atoms with Gasteiger partial charge in [-0.15, -0.1) is 0 Å². The molecule has 0 spiro atoms. The van der Waals surface area contributed by atoms with Crippen molar-refractivity contribution in [2.24, 2.45) is 11.1 Å². The van der Waals surface area contributed by atoms with Gasteiger partial charge in [-0.05, 0) is 39.0 Å². The molecule has 3 unspecified atom stereocenters. The lowest BCUT2D eigenvalue weighted by Crippen LogP contribution is -2.36. The zero-order valence-electron chi connectivity index (χ0n) is 10.4. The number of ether oxygens (including phenoxy) is 2. The van der Waals surface area contributed by atoms with Crippen LogP contribution in [0.15, 0.2) is 0 Å². The van der Waals surface area contributed by atoms with Gasteiger partial charge in [0.2, 0.25) is 0 Å². The average molecular weight is 227 g/mol. The monoisotopic (exact) mass is 227 g/mol. The molecule has 0 bridgehead atoms. The third-order valence-electron chi connectivity index (χ3n) is 4.46. The third-order valence-corrected chi connectivity index (χ3v) is 4.46. The van der Waals surface area contributed by atoms with Gasteiger partial charge >= 0.3 is 0 Å². The van der Waals surface area contributed by atoms with Crippen LogP contribution in [0, 0.1) is 5.41 Å². The van der Waals surface area contributed by atoms with E-state index in [0.29, 0.717) is 12.2 Å². The van der Waals surface area contributed by atoms with Gasteiger partial charge < -0.3 is 15.2 Å². The molecule has 2 saturated heterocycles. The molecule has 3 nitrogen and oxygen atoms in total. The fourth-order valence-electron chi connectivity index (χ4n) is 3.07. The minimum atomic E-state index is 0.249. The Morgan fingerprint density at radius 2 is 2.19 bits per heavy atom. The molecule has 2 aliphatic heterocycles. The smallest absolute Gasteiger partial charge is 0.0616 e. The van der Waals surface area contributed by atoms with Gasteiger partial charge in [-0.25, -0.2) is 0 Å². The molecule has 0 saturated carbocycles. The number of hydrogen-bond donors (Lipinski definition) is 1. The molecule has 2 rings (SSSR count). The van der Waals surface area contributed by atoms with E-state index < -0.39 is 0 Å². The zero-order chi connectivity index (χ0) is 11.4. The van der Waals surface area contributed by atoms with E-state index in [1.807, 2.05) is 0 Å². The summed E-state index contributed by atoms with van der Waals surface area (Å²) in [7, 11) is 0. The van der Waals surface area contributed by atoms with Crippen LogP contribution >= 0.6 is 0 Å². The molecule has 2 fully saturated rings. The highest BCUT2D eigenvalue weighted by Gasteiger charge is 2.39. The number of rotatable bonds is 5. The molecule has 0 aliphatic carbocycles. The van der Waals surface area contributed by atoms with Crippen molar-refractivity contribution < 1.29 is 9.47 Å². The van der Waals surface area contributed by atoms with Crippen LogP contribution in [0.1, 0.15) is 45.4 Å². The molecule has 0 aromatic heterocycles. The zero-order valence-corrected chi connectivity index (χ0v) is 10.4.